The summed E-state index contributed by atoms with van der Waals surface area (Å²) in [5.41, 5.74) is 6.52. The fourth-order valence-electron chi connectivity index (χ4n) is 3.55. The number of amidine groups is 1. The molecule has 1 aromatic heterocycles. The van der Waals surface area contributed by atoms with Crippen LogP contribution in [-0.4, -0.2) is 34.1 Å². The highest BCUT2D eigenvalue weighted by molar-refractivity contribution is 6.12. The number of aryl methyl sites for hydroxylation is 2. The van der Waals surface area contributed by atoms with Gasteiger partial charge in [-0.05, 0) is 48.2 Å². The Balaban J connectivity index is 2.14. The number of carbonyl (C=O) groups is 1. The van der Waals surface area contributed by atoms with Gasteiger partial charge >= 0.3 is 0 Å². The number of phenols is 2. The summed E-state index contributed by atoms with van der Waals surface area (Å²) in [5.74, 6) is 0.294. The summed E-state index contributed by atoms with van der Waals surface area (Å²) in [6.07, 6.45) is 2.54. The summed E-state index contributed by atoms with van der Waals surface area (Å²) >= 11 is 0. The van der Waals surface area contributed by atoms with Crippen LogP contribution in [0.15, 0.2) is 41.6 Å². The third-order valence-electron chi connectivity index (χ3n) is 5.11. The molecule has 1 heterocycles. The molecule has 0 unspecified atom stereocenters. The fourth-order valence-corrected chi connectivity index (χ4v) is 3.55. The van der Waals surface area contributed by atoms with E-state index in [1.54, 1.807) is 11.0 Å². The van der Waals surface area contributed by atoms with Crippen LogP contribution in [0.2, 0.25) is 0 Å². The zero-order valence-electron chi connectivity index (χ0n) is 17.3. The Morgan fingerprint density at radius 1 is 1.21 bits per heavy atom. The summed E-state index contributed by atoms with van der Waals surface area (Å²) in [4.78, 5) is 12.7. The van der Waals surface area contributed by atoms with Crippen LogP contribution in [-0.2, 0) is 11.8 Å². The number of hydrogen-bond acceptors (Lipinski definition) is 4. The SMILES string of the molecule is Cc1cn(C)c2ccc(N(C)/C(=N\NC=O)c3cc(C(C)C)c(O)cc3O)cc12. The average molecular weight is 394 g/mol. The van der Waals surface area contributed by atoms with Crippen molar-refractivity contribution in [1.29, 1.82) is 0 Å². The Morgan fingerprint density at radius 2 is 1.93 bits per heavy atom. The van der Waals surface area contributed by atoms with Gasteiger partial charge in [0.15, 0.2) is 5.84 Å². The molecule has 0 saturated carbocycles. The second kappa shape index (κ2) is 7.87. The maximum absolute atomic E-state index is 10.9. The number of aromatic hydroxyl groups is 2. The summed E-state index contributed by atoms with van der Waals surface area (Å²) in [6, 6.07) is 9.03. The standard InChI is InChI=1S/C22H26N4O3/c1-13(2)16-9-18(21(29)10-20(16)28)22(24-23-12-27)26(5)15-6-7-19-17(8-15)14(3)11-25(19)4/h6-13,28-29H,1-5H3,(H,23,27)/b24-22-. The Kier molecular flexibility index (Phi) is 5.50. The predicted octanol–water partition coefficient (Wildman–Crippen LogP) is 3.57. The molecule has 1 amide bonds. The molecule has 0 saturated heterocycles. The number of benzene rings is 2. The molecule has 7 heteroatoms. The molecule has 7 nitrogen and oxygen atoms in total. The van der Waals surface area contributed by atoms with Crippen molar-refractivity contribution < 1.29 is 15.0 Å². The lowest BCUT2D eigenvalue weighted by atomic mass is 9.98. The van der Waals surface area contributed by atoms with Crippen molar-refractivity contribution in [1.82, 2.24) is 9.99 Å². The molecule has 0 bridgehead atoms. The van der Waals surface area contributed by atoms with Gasteiger partial charge in [0.05, 0.1) is 5.56 Å². The normalized spacial score (nSPS) is 11.9. The number of nitrogens with one attached hydrogen (secondary N) is 1. The maximum atomic E-state index is 10.9. The number of phenolic OH excluding ortho intramolecular Hbond substituents is 2. The second-order valence-corrected chi connectivity index (χ2v) is 7.45. The van der Waals surface area contributed by atoms with Gasteiger partial charge in [0.25, 0.3) is 0 Å². The van der Waals surface area contributed by atoms with Crippen molar-refractivity contribution >= 4 is 28.8 Å². The molecular formula is C22H26N4O3. The van der Waals surface area contributed by atoms with E-state index < -0.39 is 0 Å². The molecule has 0 aliphatic heterocycles. The van der Waals surface area contributed by atoms with Crippen molar-refractivity contribution in [3.05, 3.63) is 53.2 Å². The number of nitrogens with zero attached hydrogens (tertiary/aromatic N) is 3. The molecule has 3 rings (SSSR count). The van der Waals surface area contributed by atoms with Crippen LogP contribution in [0.3, 0.4) is 0 Å². The average Bonchev–Trinajstić information content (AvgIpc) is 2.96. The Morgan fingerprint density at radius 3 is 2.59 bits per heavy atom. The number of amides is 1. The molecule has 0 aliphatic rings. The highest BCUT2D eigenvalue weighted by Gasteiger charge is 2.20. The van der Waals surface area contributed by atoms with Crippen LogP contribution in [0.5, 0.6) is 11.5 Å². The molecule has 2 aromatic carbocycles. The largest absolute Gasteiger partial charge is 0.508 e. The van der Waals surface area contributed by atoms with Gasteiger partial charge in [-0.3, -0.25) is 4.79 Å². The monoisotopic (exact) mass is 394 g/mol. The molecule has 3 N–H and O–H groups in total. The number of carbonyl (C=O) groups excluding carboxylic acids is 1. The van der Waals surface area contributed by atoms with Crippen molar-refractivity contribution in [2.45, 2.75) is 26.7 Å². The van der Waals surface area contributed by atoms with E-state index in [9.17, 15) is 15.0 Å². The van der Waals surface area contributed by atoms with Crippen molar-refractivity contribution in [3.63, 3.8) is 0 Å². The van der Waals surface area contributed by atoms with Gasteiger partial charge in [0, 0.05) is 42.9 Å². The number of fused-ring (bicyclic) bond motifs is 1. The van der Waals surface area contributed by atoms with Crippen LogP contribution in [0.25, 0.3) is 10.9 Å². The van der Waals surface area contributed by atoms with Gasteiger partial charge in [-0.1, -0.05) is 13.8 Å². The molecule has 29 heavy (non-hydrogen) atoms. The molecule has 0 spiro atoms. The fraction of sp³-hybridized carbons (Fsp3) is 0.273. The van der Waals surface area contributed by atoms with E-state index in [0.717, 1.165) is 22.2 Å². The molecule has 0 atom stereocenters. The summed E-state index contributed by atoms with van der Waals surface area (Å²) < 4.78 is 2.07. The van der Waals surface area contributed by atoms with E-state index in [1.165, 1.54) is 6.07 Å². The van der Waals surface area contributed by atoms with Gasteiger partial charge in [0.2, 0.25) is 6.41 Å². The summed E-state index contributed by atoms with van der Waals surface area (Å²) in [6.45, 7) is 5.95. The second-order valence-electron chi connectivity index (χ2n) is 7.45. The number of anilines is 1. The Labute approximate surface area is 169 Å². The topological polar surface area (TPSA) is 90.1 Å². The maximum Gasteiger partial charge on any atom is 0.227 e. The van der Waals surface area contributed by atoms with E-state index in [0.29, 0.717) is 23.4 Å². The Bertz CT molecular complexity index is 1100. The van der Waals surface area contributed by atoms with Crippen LogP contribution >= 0.6 is 0 Å². The van der Waals surface area contributed by atoms with Crippen LogP contribution in [0, 0.1) is 6.92 Å². The lowest BCUT2D eigenvalue weighted by Gasteiger charge is -2.23. The van der Waals surface area contributed by atoms with Gasteiger partial charge in [0.1, 0.15) is 11.5 Å². The quantitative estimate of drug-likeness (QED) is 0.267. The minimum absolute atomic E-state index is 0.0212. The Hall–Kier alpha value is -3.48. The first-order valence-corrected chi connectivity index (χ1v) is 9.37. The van der Waals surface area contributed by atoms with E-state index in [2.05, 4.69) is 28.2 Å². The van der Waals surface area contributed by atoms with Gasteiger partial charge in [-0.15, -0.1) is 0 Å². The minimum atomic E-state index is -0.123. The van der Waals surface area contributed by atoms with E-state index in [4.69, 9.17) is 0 Å². The van der Waals surface area contributed by atoms with Crippen LogP contribution < -0.4 is 10.3 Å². The first-order valence-electron chi connectivity index (χ1n) is 9.37. The van der Waals surface area contributed by atoms with Gasteiger partial charge in [-0.2, -0.15) is 5.10 Å². The first-order chi connectivity index (χ1) is 13.7. The molecular weight excluding hydrogens is 368 g/mol. The zero-order chi connectivity index (χ0) is 21.3. The van der Waals surface area contributed by atoms with Gasteiger partial charge < -0.3 is 19.7 Å². The molecule has 0 radical (unpaired) electrons. The van der Waals surface area contributed by atoms with Crippen molar-refractivity contribution in [2.24, 2.45) is 12.1 Å². The highest BCUT2D eigenvalue weighted by atomic mass is 16.3. The lowest BCUT2D eigenvalue weighted by molar-refractivity contribution is -0.109. The zero-order valence-corrected chi connectivity index (χ0v) is 17.3. The van der Waals surface area contributed by atoms with Gasteiger partial charge in [-0.25, -0.2) is 5.43 Å². The molecule has 152 valence electrons. The van der Waals surface area contributed by atoms with Crippen molar-refractivity contribution in [3.8, 4) is 11.5 Å². The third kappa shape index (κ3) is 3.76. The molecule has 3 aromatic rings. The number of hydrazone groups is 1. The van der Waals surface area contributed by atoms with E-state index in [-0.39, 0.29) is 17.4 Å². The molecule has 0 fully saturated rings. The van der Waals surface area contributed by atoms with E-state index >= 15 is 0 Å². The highest BCUT2D eigenvalue weighted by Crippen LogP contribution is 2.34. The van der Waals surface area contributed by atoms with Crippen LogP contribution in [0.1, 0.15) is 36.5 Å². The number of aromatic nitrogens is 1. The summed E-state index contributed by atoms with van der Waals surface area (Å²) in [7, 11) is 3.81. The number of hydrogen-bond donors (Lipinski definition) is 3. The predicted molar refractivity (Wildman–Crippen MR) is 116 cm³/mol. The summed E-state index contributed by atoms with van der Waals surface area (Å²) in [5, 5.41) is 25.9. The lowest BCUT2D eigenvalue weighted by Crippen LogP contribution is -2.29. The number of rotatable bonds is 5. The minimum Gasteiger partial charge on any atom is -0.508 e. The smallest absolute Gasteiger partial charge is 0.227 e. The van der Waals surface area contributed by atoms with E-state index in [1.807, 2.05) is 46.1 Å². The molecule has 0 aliphatic carbocycles. The third-order valence-corrected chi connectivity index (χ3v) is 5.11. The van der Waals surface area contributed by atoms with Crippen LogP contribution in [0.4, 0.5) is 5.69 Å². The first kappa shape index (κ1) is 20.3. The van der Waals surface area contributed by atoms with Crippen molar-refractivity contribution in [2.75, 3.05) is 11.9 Å².